The molecule has 164 valence electrons. The van der Waals surface area contributed by atoms with Gasteiger partial charge >= 0.3 is 0 Å². The van der Waals surface area contributed by atoms with Crippen LogP contribution in [0.4, 0.5) is 4.39 Å². The maximum Gasteiger partial charge on any atom is 0.291 e. The summed E-state index contributed by atoms with van der Waals surface area (Å²) in [7, 11) is 0. The smallest absolute Gasteiger partial charge is 0.291 e. The Labute approximate surface area is 187 Å². The van der Waals surface area contributed by atoms with Crippen LogP contribution in [0.1, 0.15) is 43.2 Å². The minimum Gasteiger partial charge on any atom is -0.337 e. The number of aromatic nitrogens is 4. The van der Waals surface area contributed by atoms with Gasteiger partial charge in [-0.2, -0.15) is 14.8 Å². The summed E-state index contributed by atoms with van der Waals surface area (Å²) in [6, 6.07) is 5.67. The predicted molar refractivity (Wildman–Crippen MR) is 118 cm³/mol. The third-order valence-corrected chi connectivity index (χ3v) is 6.16. The average Bonchev–Trinajstić information content (AvgIpc) is 3.35. The van der Waals surface area contributed by atoms with E-state index in [4.69, 9.17) is 4.52 Å². The molecule has 0 amide bonds. The summed E-state index contributed by atoms with van der Waals surface area (Å²) in [6.07, 6.45) is 4.48. The highest BCUT2D eigenvalue weighted by Crippen LogP contribution is 2.30. The number of hydrogen-bond donors (Lipinski definition) is 1. The lowest BCUT2D eigenvalue weighted by Gasteiger charge is -2.38. The highest BCUT2D eigenvalue weighted by Gasteiger charge is 2.30. The summed E-state index contributed by atoms with van der Waals surface area (Å²) < 4.78 is 21.4. The first kappa shape index (κ1) is 22.9. The summed E-state index contributed by atoms with van der Waals surface area (Å²) in [5, 5.41) is 12.7. The third kappa shape index (κ3) is 4.19. The van der Waals surface area contributed by atoms with Crippen LogP contribution in [0.2, 0.25) is 0 Å². The van der Waals surface area contributed by atoms with Crippen LogP contribution in [0.25, 0.3) is 16.9 Å². The molecule has 10 heteroatoms. The van der Waals surface area contributed by atoms with Crippen molar-refractivity contribution in [3.05, 3.63) is 35.6 Å². The van der Waals surface area contributed by atoms with E-state index in [-0.39, 0.29) is 36.5 Å². The van der Waals surface area contributed by atoms with Gasteiger partial charge in [-0.05, 0) is 70.0 Å². The highest BCUT2D eigenvalue weighted by molar-refractivity contribution is 5.85. The first-order valence-electron chi connectivity index (χ1n) is 10.1. The molecule has 0 saturated carbocycles. The van der Waals surface area contributed by atoms with Gasteiger partial charge in [-0.15, -0.1) is 24.8 Å². The quantitative estimate of drug-likeness (QED) is 0.648. The van der Waals surface area contributed by atoms with E-state index in [0.29, 0.717) is 23.4 Å². The Morgan fingerprint density at radius 2 is 1.83 bits per heavy atom. The largest absolute Gasteiger partial charge is 0.337 e. The van der Waals surface area contributed by atoms with Gasteiger partial charge < -0.3 is 14.7 Å². The van der Waals surface area contributed by atoms with Crippen molar-refractivity contribution in [3.8, 4) is 5.95 Å². The average molecular weight is 457 g/mol. The third-order valence-electron chi connectivity index (χ3n) is 6.16. The normalized spacial score (nSPS) is 18.9. The van der Waals surface area contributed by atoms with Gasteiger partial charge in [0.1, 0.15) is 11.3 Å². The maximum absolute atomic E-state index is 14.4. The summed E-state index contributed by atoms with van der Waals surface area (Å²) in [5.74, 6) is 0.864. The van der Waals surface area contributed by atoms with Gasteiger partial charge in [0.25, 0.3) is 5.95 Å². The van der Waals surface area contributed by atoms with Crippen molar-refractivity contribution in [1.82, 2.24) is 30.1 Å². The zero-order valence-corrected chi connectivity index (χ0v) is 18.5. The number of piperidine rings is 2. The van der Waals surface area contributed by atoms with Crippen molar-refractivity contribution in [2.45, 2.75) is 44.6 Å². The van der Waals surface area contributed by atoms with Gasteiger partial charge in [0.2, 0.25) is 5.89 Å². The zero-order chi connectivity index (χ0) is 19.1. The number of aryl methyl sites for hydroxylation is 1. The molecule has 3 aromatic rings. The molecule has 2 fully saturated rings. The van der Waals surface area contributed by atoms with Crippen molar-refractivity contribution < 1.29 is 8.91 Å². The molecule has 4 heterocycles. The molecule has 2 aliphatic heterocycles. The molecule has 5 rings (SSSR count). The molecule has 1 aromatic carbocycles. The summed E-state index contributed by atoms with van der Waals surface area (Å²) in [5.41, 5.74) is 1.14. The van der Waals surface area contributed by atoms with E-state index in [0.717, 1.165) is 50.1 Å². The monoisotopic (exact) mass is 456 g/mol. The SMILES string of the molecule is Cc1nn(-c2noc(C3CCN(C4CCNCC4)CC3)n2)c2c(F)cccc12.Cl.Cl. The number of fused-ring (bicyclic) bond motifs is 1. The second kappa shape index (κ2) is 9.60. The van der Waals surface area contributed by atoms with E-state index in [9.17, 15) is 4.39 Å². The molecule has 2 aromatic heterocycles. The van der Waals surface area contributed by atoms with Gasteiger partial charge in [0, 0.05) is 17.3 Å². The van der Waals surface area contributed by atoms with E-state index in [2.05, 4.69) is 25.5 Å². The molecule has 0 aliphatic carbocycles. The number of hydrogen-bond acceptors (Lipinski definition) is 6. The lowest BCUT2D eigenvalue weighted by Crippen LogP contribution is -2.46. The van der Waals surface area contributed by atoms with Gasteiger partial charge in [-0.3, -0.25) is 0 Å². The van der Waals surface area contributed by atoms with Crippen LogP contribution in [0, 0.1) is 12.7 Å². The Bertz CT molecular complexity index is 979. The summed E-state index contributed by atoms with van der Waals surface area (Å²) in [4.78, 5) is 7.18. The van der Waals surface area contributed by atoms with Crippen molar-refractivity contribution in [2.75, 3.05) is 26.2 Å². The van der Waals surface area contributed by atoms with Crippen LogP contribution in [-0.4, -0.2) is 57.0 Å². The standard InChI is InChI=1S/C20H25FN6O.2ClH/c1-13-16-3-2-4-17(21)18(16)27(24-13)20-23-19(28-25-20)14-7-11-26(12-8-14)15-5-9-22-10-6-15;;/h2-4,14-15,22H,5-12H2,1H3;2*1H. The Morgan fingerprint density at radius 1 is 1.10 bits per heavy atom. The van der Waals surface area contributed by atoms with Crippen molar-refractivity contribution >= 4 is 35.7 Å². The van der Waals surface area contributed by atoms with Crippen LogP contribution < -0.4 is 5.32 Å². The Balaban J connectivity index is 0.00000128. The molecule has 0 unspecified atom stereocenters. The van der Waals surface area contributed by atoms with E-state index in [1.54, 1.807) is 6.07 Å². The Morgan fingerprint density at radius 3 is 2.57 bits per heavy atom. The van der Waals surface area contributed by atoms with E-state index < -0.39 is 0 Å². The minimum absolute atomic E-state index is 0. The van der Waals surface area contributed by atoms with Crippen LogP contribution >= 0.6 is 24.8 Å². The number of benzene rings is 1. The first-order chi connectivity index (χ1) is 13.7. The molecular weight excluding hydrogens is 430 g/mol. The van der Waals surface area contributed by atoms with Crippen LogP contribution in [0.15, 0.2) is 22.7 Å². The molecule has 0 bridgehead atoms. The summed E-state index contributed by atoms with van der Waals surface area (Å²) in [6.45, 7) is 6.21. The Hall–Kier alpha value is -1.74. The highest BCUT2D eigenvalue weighted by atomic mass is 35.5. The fraction of sp³-hybridized carbons (Fsp3) is 0.550. The molecule has 0 spiro atoms. The summed E-state index contributed by atoms with van der Waals surface area (Å²) >= 11 is 0. The van der Waals surface area contributed by atoms with Crippen molar-refractivity contribution in [2.24, 2.45) is 0 Å². The number of para-hydroxylation sites is 1. The second-order valence-corrected chi connectivity index (χ2v) is 7.86. The van der Waals surface area contributed by atoms with E-state index in [1.165, 1.54) is 23.6 Å². The van der Waals surface area contributed by atoms with E-state index >= 15 is 0 Å². The number of rotatable bonds is 3. The van der Waals surface area contributed by atoms with Gasteiger partial charge in [-0.25, -0.2) is 4.39 Å². The number of halogens is 3. The number of nitrogens with zero attached hydrogens (tertiary/aromatic N) is 5. The van der Waals surface area contributed by atoms with Crippen LogP contribution in [0.5, 0.6) is 0 Å². The molecule has 0 atom stereocenters. The number of likely N-dealkylation sites (tertiary alicyclic amines) is 1. The molecule has 7 nitrogen and oxygen atoms in total. The fourth-order valence-electron chi connectivity index (χ4n) is 4.58. The second-order valence-electron chi connectivity index (χ2n) is 7.86. The zero-order valence-electron chi connectivity index (χ0n) is 16.9. The fourth-order valence-corrected chi connectivity index (χ4v) is 4.58. The Kier molecular flexibility index (Phi) is 7.34. The van der Waals surface area contributed by atoms with Gasteiger partial charge in [0.15, 0.2) is 0 Å². The lowest BCUT2D eigenvalue weighted by molar-refractivity contribution is 0.120. The van der Waals surface area contributed by atoms with Gasteiger partial charge in [0.05, 0.1) is 5.69 Å². The molecule has 1 N–H and O–H groups in total. The van der Waals surface area contributed by atoms with Crippen molar-refractivity contribution in [1.29, 1.82) is 0 Å². The minimum atomic E-state index is -0.334. The molecule has 30 heavy (non-hydrogen) atoms. The molecule has 0 radical (unpaired) electrons. The molecule has 2 aliphatic rings. The van der Waals surface area contributed by atoms with E-state index in [1.807, 2.05) is 13.0 Å². The maximum atomic E-state index is 14.4. The molecule has 2 saturated heterocycles. The van der Waals surface area contributed by atoms with Gasteiger partial charge in [-0.1, -0.05) is 12.1 Å². The lowest BCUT2D eigenvalue weighted by atomic mass is 9.94. The first-order valence-corrected chi connectivity index (χ1v) is 10.1. The van der Waals surface area contributed by atoms with Crippen LogP contribution in [-0.2, 0) is 0 Å². The predicted octanol–water partition coefficient (Wildman–Crippen LogP) is 3.63. The molecular formula is C20H27Cl2FN6O. The van der Waals surface area contributed by atoms with Crippen LogP contribution in [0.3, 0.4) is 0 Å². The topological polar surface area (TPSA) is 72.0 Å². The van der Waals surface area contributed by atoms with Crippen molar-refractivity contribution in [3.63, 3.8) is 0 Å². The number of nitrogens with one attached hydrogen (secondary N) is 1.